The highest BCUT2D eigenvalue weighted by molar-refractivity contribution is 9.10. The Morgan fingerprint density at radius 1 is 1.12 bits per heavy atom. The molecule has 1 unspecified atom stereocenters. The number of benzene rings is 2. The SMILES string of the molecule is CCOP(=O)(OCC)C(/C=C/c1cccc(C)c1)Nc1ccc(Br)cc1. The standard InChI is InChI=1S/C20H25BrNO3P/c1-4-24-26(23,25-5-2)20(22-19-12-10-18(21)11-13-19)14-9-17-8-6-7-16(3)15-17/h6-15,20,22H,4-5H2,1-3H3/b14-9+. The Balaban J connectivity index is 2.33. The first-order valence-electron chi connectivity index (χ1n) is 8.62. The summed E-state index contributed by atoms with van der Waals surface area (Å²) >= 11 is 3.42. The molecule has 0 aliphatic heterocycles. The zero-order valence-electron chi connectivity index (χ0n) is 15.3. The Morgan fingerprint density at radius 3 is 2.35 bits per heavy atom. The van der Waals surface area contributed by atoms with E-state index < -0.39 is 13.4 Å². The van der Waals surface area contributed by atoms with Crippen molar-refractivity contribution in [1.29, 1.82) is 0 Å². The fourth-order valence-electron chi connectivity index (χ4n) is 2.48. The second-order valence-corrected chi connectivity index (χ2v) is 8.81. The van der Waals surface area contributed by atoms with Gasteiger partial charge in [-0.2, -0.15) is 0 Å². The first-order chi connectivity index (χ1) is 12.5. The van der Waals surface area contributed by atoms with Gasteiger partial charge in [0.15, 0.2) is 0 Å². The molecule has 0 amide bonds. The molecule has 0 aromatic heterocycles. The van der Waals surface area contributed by atoms with E-state index in [1.807, 2.05) is 75.4 Å². The predicted octanol–water partition coefficient (Wildman–Crippen LogP) is 6.48. The molecular weight excluding hydrogens is 413 g/mol. The molecule has 140 valence electrons. The molecule has 6 heteroatoms. The fourth-order valence-corrected chi connectivity index (χ4v) is 4.47. The van der Waals surface area contributed by atoms with Crippen molar-refractivity contribution in [2.75, 3.05) is 18.5 Å². The van der Waals surface area contributed by atoms with E-state index in [4.69, 9.17) is 9.05 Å². The van der Waals surface area contributed by atoms with Crippen LogP contribution in [0.4, 0.5) is 5.69 Å². The van der Waals surface area contributed by atoms with Crippen LogP contribution in [0.15, 0.2) is 59.1 Å². The van der Waals surface area contributed by atoms with Crippen LogP contribution in [0, 0.1) is 6.92 Å². The van der Waals surface area contributed by atoms with Crippen molar-refractivity contribution in [2.45, 2.75) is 26.6 Å². The second kappa shape index (κ2) is 10.1. The number of aryl methyl sites for hydroxylation is 1. The minimum absolute atomic E-state index is 0.314. The van der Waals surface area contributed by atoms with Gasteiger partial charge in [-0.15, -0.1) is 0 Å². The van der Waals surface area contributed by atoms with Crippen LogP contribution in [0.5, 0.6) is 0 Å². The lowest BCUT2D eigenvalue weighted by molar-refractivity contribution is 0.217. The summed E-state index contributed by atoms with van der Waals surface area (Å²) in [5.41, 5.74) is 3.04. The van der Waals surface area contributed by atoms with Crippen molar-refractivity contribution in [3.8, 4) is 0 Å². The van der Waals surface area contributed by atoms with Gasteiger partial charge in [0, 0.05) is 10.2 Å². The summed E-state index contributed by atoms with van der Waals surface area (Å²) in [5, 5.41) is 3.28. The quantitative estimate of drug-likeness (QED) is 0.456. The summed E-state index contributed by atoms with van der Waals surface area (Å²) in [6.07, 6.45) is 3.79. The molecule has 0 bridgehead atoms. The summed E-state index contributed by atoms with van der Waals surface area (Å²) in [5.74, 6) is -0.593. The molecule has 2 aromatic rings. The van der Waals surface area contributed by atoms with Gasteiger partial charge in [-0.1, -0.05) is 51.8 Å². The van der Waals surface area contributed by atoms with Crippen molar-refractivity contribution in [1.82, 2.24) is 0 Å². The Bertz CT molecular complexity index is 767. The molecule has 2 rings (SSSR count). The van der Waals surface area contributed by atoms with Gasteiger partial charge >= 0.3 is 7.60 Å². The highest BCUT2D eigenvalue weighted by Crippen LogP contribution is 2.53. The van der Waals surface area contributed by atoms with Crippen molar-refractivity contribution in [2.24, 2.45) is 0 Å². The molecule has 1 N–H and O–H groups in total. The Morgan fingerprint density at radius 2 is 1.77 bits per heavy atom. The average molecular weight is 438 g/mol. The molecule has 0 saturated carbocycles. The predicted molar refractivity (Wildman–Crippen MR) is 113 cm³/mol. The number of hydrogen-bond acceptors (Lipinski definition) is 4. The van der Waals surface area contributed by atoms with Crippen LogP contribution in [0.3, 0.4) is 0 Å². The van der Waals surface area contributed by atoms with Gasteiger partial charge in [0.2, 0.25) is 0 Å². The van der Waals surface area contributed by atoms with Crippen LogP contribution < -0.4 is 5.32 Å². The normalized spacial score (nSPS) is 13.1. The smallest absolute Gasteiger partial charge is 0.356 e. The summed E-state index contributed by atoms with van der Waals surface area (Å²) in [7, 11) is -3.37. The molecule has 0 fully saturated rings. The minimum atomic E-state index is -3.37. The molecule has 2 aromatic carbocycles. The van der Waals surface area contributed by atoms with E-state index in [1.54, 1.807) is 0 Å². The lowest BCUT2D eigenvalue weighted by Crippen LogP contribution is -2.20. The number of anilines is 1. The molecule has 0 aliphatic carbocycles. The summed E-state index contributed by atoms with van der Waals surface area (Å²) in [6.45, 7) is 6.29. The highest BCUT2D eigenvalue weighted by Gasteiger charge is 2.33. The Labute approximate surface area is 164 Å². The number of rotatable bonds is 9. The summed E-state index contributed by atoms with van der Waals surface area (Å²) in [6, 6.07) is 15.8. The molecular formula is C20H25BrNO3P. The van der Waals surface area contributed by atoms with Crippen LogP contribution in [-0.2, 0) is 13.6 Å². The molecule has 0 radical (unpaired) electrons. The van der Waals surface area contributed by atoms with Crippen LogP contribution >= 0.6 is 23.5 Å². The van der Waals surface area contributed by atoms with E-state index in [-0.39, 0.29) is 0 Å². The van der Waals surface area contributed by atoms with Crippen molar-refractivity contribution in [3.05, 3.63) is 70.2 Å². The molecule has 4 nitrogen and oxygen atoms in total. The van der Waals surface area contributed by atoms with Gasteiger partial charge in [-0.05, 0) is 56.7 Å². The molecule has 0 spiro atoms. The van der Waals surface area contributed by atoms with E-state index >= 15 is 0 Å². The largest absolute Gasteiger partial charge is 0.368 e. The molecule has 0 aliphatic rings. The van der Waals surface area contributed by atoms with E-state index in [9.17, 15) is 4.57 Å². The zero-order chi connectivity index (χ0) is 19.0. The van der Waals surface area contributed by atoms with E-state index in [0.717, 1.165) is 15.7 Å². The zero-order valence-corrected chi connectivity index (χ0v) is 17.8. The summed E-state index contributed by atoms with van der Waals surface area (Å²) in [4.78, 5) is 0. The number of nitrogens with one attached hydrogen (secondary N) is 1. The van der Waals surface area contributed by atoms with Crippen molar-refractivity contribution in [3.63, 3.8) is 0 Å². The van der Waals surface area contributed by atoms with Gasteiger partial charge in [-0.25, -0.2) is 0 Å². The van der Waals surface area contributed by atoms with E-state index in [0.29, 0.717) is 13.2 Å². The van der Waals surface area contributed by atoms with Crippen LogP contribution in [-0.4, -0.2) is 19.0 Å². The Hall–Kier alpha value is -1.39. The maximum atomic E-state index is 13.3. The first-order valence-corrected chi connectivity index (χ1v) is 11.0. The number of halogens is 1. The monoisotopic (exact) mass is 437 g/mol. The van der Waals surface area contributed by atoms with Gasteiger partial charge in [0.1, 0.15) is 5.78 Å². The second-order valence-electron chi connectivity index (χ2n) is 5.74. The molecule has 1 atom stereocenters. The van der Waals surface area contributed by atoms with Gasteiger partial charge in [0.05, 0.1) is 13.2 Å². The van der Waals surface area contributed by atoms with Crippen molar-refractivity contribution >= 4 is 35.3 Å². The Kier molecular flexibility index (Phi) is 8.11. The van der Waals surface area contributed by atoms with Gasteiger partial charge in [0.25, 0.3) is 0 Å². The summed E-state index contributed by atoms with van der Waals surface area (Å²) < 4.78 is 25.4. The first kappa shape index (κ1) is 20.9. The maximum absolute atomic E-state index is 13.3. The van der Waals surface area contributed by atoms with Gasteiger partial charge in [-0.3, -0.25) is 4.57 Å². The van der Waals surface area contributed by atoms with E-state index in [1.165, 1.54) is 5.56 Å². The third kappa shape index (κ3) is 6.10. The maximum Gasteiger partial charge on any atom is 0.356 e. The van der Waals surface area contributed by atoms with Crippen molar-refractivity contribution < 1.29 is 13.6 Å². The molecule has 0 saturated heterocycles. The van der Waals surface area contributed by atoms with E-state index in [2.05, 4.69) is 27.3 Å². The van der Waals surface area contributed by atoms with Crippen LogP contribution in [0.25, 0.3) is 6.08 Å². The van der Waals surface area contributed by atoms with Crippen LogP contribution in [0.1, 0.15) is 25.0 Å². The average Bonchev–Trinajstić information content (AvgIpc) is 2.60. The minimum Gasteiger partial charge on any atom is -0.368 e. The van der Waals surface area contributed by atoms with Crippen LogP contribution in [0.2, 0.25) is 0 Å². The fraction of sp³-hybridized carbons (Fsp3) is 0.300. The highest BCUT2D eigenvalue weighted by atomic mass is 79.9. The lowest BCUT2D eigenvalue weighted by atomic mass is 10.1. The number of hydrogen-bond donors (Lipinski definition) is 1. The topological polar surface area (TPSA) is 47.6 Å². The lowest BCUT2D eigenvalue weighted by Gasteiger charge is -2.25. The third-order valence-corrected chi connectivity index (χ3v) is 6.38. The van der Waals surface area contributed by atoms with Gasteiger partial charge < -0.3 is 14.4 Å². The third-order valence-electron chi connectivity index (χ3n) is 3.63. The molecule has 0 heterocycles. The molecule has 26 heavy (non-hydrogen) atoms.